The summed E-state index contributed by atoms with van der Waals surface area (Å²) in [7, 11) is 6.05. The summed E-state index contributed by atoms with van der Waals surface area (Å²) < 4.78 is 12.6. The lowest BCUT2D eigenvalue weighted by molar-refractivity contribution is -0.0167. The number of amides is 1. The molecule has 7 heteroatoms. The van der Waals surface area contributed by atoms with Crippen molar-refractivity contribution >= 4 is 11.6 Å². The summed E-state index contributed by atoms with van der Waals surface area (Å²) in [5, 5.41) is 10.0. The highest BCUT2D eigenvalue weighted by molar-refractivity contribution is 5.98. The van der Waals surface area contributed by atoms with Crippen molar-refractivity contribution < 1.29 is 19.4 Å². The highest BCUT2D eigenvalue weighted by atomic mass is 16.5. The summed E-state index contributed by atoms with van der Waals surface area (Å²) in [5.74, 6) is 0.607. The van der Waals surface area contributed by atoms with Gasteiger partial charge in [-0.15, -0.1) is 0 Å². The van der Waals surface area contributed by atoms with Crippen LogP contribution in [0, 0.1) is 5.92 Å². The summed E-state index contributed by atoms with van der Waals surface area (Å²) >= 11 is 0. The lowest BCUT2D eigenvalue weighted by Gasteiger charge is -2.36. The predicted molar refractivity (Wildman–Crippen MR) is 139 cm³/mol. The second kappa shape index (κ2) is 13.9. The maximum Gasteiger partial charge on any atom is 0.258 e. The van der Waals surface area contributed by atoms with Gasteiger partial charge in [-0.25, -0.2) is 0 Å². The molecule has 0 saturated carbocycles. The standard InChI is InChI=1S/C27H47N3O4/c1-8-14-29(7)18-26-20(2)17-30(21(3)19-31)27(32)24-16-23(28(5)6)12-13-25(24)34-22(4)11-9-10-15-33-26/h12-13,16,20-22,26,31H,8-11,14-15,17-19H2,1-7H3/t20-,21+,22+,26-/m0/s1. The second-order valence-corrected chi connectivity index (χ2v) is 10.1. The van der Waals surface area contributed by atoms with E-state index in [0.29, 0.717) is 24.5 Å². The first-order valence-electron chi connectivity index (χ1n) is 12.9. The van der Waals surface area contributed by atoms with Crippen LogP contribution in [-0.2, 0) is 4.74 Å². The van der Waals surface area contributed by atoms with Gasteiger partial charge in [0.2, 0.25) is 0 Å². The van der Waals surface area contributed by atoms with Gasteiger partial charge in [-0.2, -0.15) is 0 Å². The number of carbonyl (C=O) groups is 1. The molecule has 34 heavy (non-hydrogen) atoms. The van der Waals surface area contributed by atoms with E-state index in [1.807, 2.05) is 44.1 Å². The van der Waals surface area contributed by atoms with Gasteiger partial charge in [0.1, 0.15) is 5.75 Å². The van der Waals surface area contributed by atoms with Crippen LogP contribution in [0.2, 0.25) is 0 Å². The molecule has 1 aromatic carbocycles. The minimum Gasteiger partial charge on any atom is -0.490 e. The van der Waals surface area contributed by atoms with Crippen molar-refractivity contribution in [2.24, 2.45) is 5.92 Å². The summed E-state index contributed by atoms with van der Waals surface area (Å²) in [6, 6.07) is 5.48. The monoisotopic (exact) mass is 477 g/mol. The fourth-order valence-electron chi connectivity index (χ4n) is 4.43. The zero-order valence-corrected chi connectivity index (χ0v) is 22.4. The lowest BCUT2D eigenvalue weighted by atomic mass is 10.0. The van der Waals surface area contributed by atoms with Gasteiger partial charge >= 0.3 is 0 Å². The van der Waals surface area contributed by atoms with Gasteiger partial charge in [-0.1, -0.05) is 13.8 Å². The molecule has 0 fully saturated rings. The van der Waals surface area contributed by atoms with Gasteiger partial charge in [0.25, 0.3) is 5.91 Å². The third-order valence-electron chi connectivity index (χ3n) is 6.65. The third-order valence-corrected chi connectivity index (χ3v) is 6.65. The summed E-state index contributed by atoms with van der Waals surface area (Å²) in [5.41, 5.74) is 1.49. The van der Waals surface area contributed by atoms with E-state index in [-0.39, 0.29) is 36.7 Å². The number of benzene rings is 1. The maximum absolute atomic E-state index is 13.9. The molecular formula is C27H47N3O4. The van der Waals surface area contributed by atoms with Crippen LogP contribution >= 0.6 is 0 Å². The molecule has 0 radical (unpaired) electrons. The number of fused-ring (bicyclic) bond motifs is 1. The molecule has 1 aliphatic heterocycles. The molecule has 0 spiro atoms. The van der Waals surface area contributed by atoms with Gasteiger partial charge in [-0.3, -0.25) is 4.79 Å². The van der Waals surface area contributed by atoms with Gasteiger partial charge in [-0.05, 0) is 71.3 Å². The number of carbonyl (C=O) groups excluding carboxylic acids is 1. The minimum atomic E-state index is -0.315. The molecule has 7 nitrogen and oxygen atoms in total. The summed E-state index contributed by atoms with van der Waals surface area (Å²) in [6.07, 6.45) is 4.00. The zero-order chi connectivity index (χ0) is 25.3. The number of likely N-dealkylation sites (N-methyl/N-ethyl adjacent to an activating group) is 1. The fourth-order valence-corrected chi connectivity index (χ4v) is 4.43. The number of nitrogens with zero attached hydrogens (tertiary/aromatic N) is 3. The Morgan fingerprint density at radius 2 is 1.94 bits per heavy atom. The van der Waals surface area contributed by atoms with Crippen LogP contribution in [0.3, 0.4) is 0 Å². The Kier molecular flexibility index (Phi) is 11.6. The number of rotatable bonds is 7. The van der Waals surface area contributed by atoms with Crippen LogP contribution in [0.4, 0.5) is 5.69 Å². The largest absolute Gasteiger partial charge is 0.490 e. The van der Waals surface area contributed by atoms with E-state index >= 15 is 0 Å². The zero-order valence-electron chi connectivity index (χ0n) is 22.4. The van der Waals surface area contributed by atoms with E-state index in [1.165, 1.54) is 0 Å². The van der Waals surface area contributed by atoms with E-state index in [0.717, 1.165) is 44.5 Å². The highest BCUT2D eigenvalue weighted by Gasteiger charge is 2.30. The van der Waals surface area contributed by atoms with Crippen molar-refractivity contribution in [1.82, 2.24) is 9.80 Å². The van der Waals surface area contributed by atoms with Crippen LogP contribution in [0.25, 0.3) is 0 Å². The highest BCUT2D eigenvalue weighted by Crippen LogP contribution is 2.29. The number of aliphatic hydroxyl groups excluding tert-OH is 1. The molecule has 1 aliphatic rings. The van der Waals surface area contributed by atoms with E-state index in [4.69, 9.17) is 9.47 Å². The van der Waals surface area contributed by atoms with Crippen molar-refractivity contribution in [1.29, 1.82) is 0 Å². The molecule has 0 bridgehead atoms. The molecule has 1 N–H and O–H groups in total. The molecule has 1 amide bonds. The molecule has 1 aromatic rings. The van der Waals surface area contributed by atoms with Crippen molar-refractivity contribution in [2.75, 3.05) is 58.9 Å². The van der Waals surface area contributed by atoms with Crippen molar-refractivity contribution in [2.45, 2.75) is 71.6 Å². The molecule has 1 heterocycles. The van der Waals surface area contributed by atoms with Gasteiger partial charge in [0.05, 0.1) is 30.4 Å². The van der Waals surface area contributed by atoms with Crippen LogP contribution in [0.1, 0.15) is 63.7 Å². The third kappa shape index (κ3) is 8.14. The summed E-state index contributed by atoms with van der Waals surface area (Å²) in [4.78, 5) is 20.0. The molecule has 0 aliphatic carbocycles. The molecule has 194 valence electrons. The summed E-state index contributed by atoms with van der Waals surface area (Å²) in [6.45, 7) is 11.2. The predicted octanol–water partition coefficient (Wildman–Crippen LogP) is 3.89. The van der Waals surface area contributed by atoms with Gasteiger partial charge in [0, 0.05) is 45.4 Å². The molecular weight excluding hydrogens is 430 g/mol. The number of hydrogen-bond acceptors (Lipinski definition) is 6. The normalized spacial score (nSPS) is 23.7. The van der Waals surface area contributed by atoms with Crippen molar-refractivity contribution in [3.05, 3.63) is 23.8 Å². The van der Waals surface area contributed by atoms with E-state index in [9.17, 15) is 9.90 Å². The number of ether oxygens (including phenoxy) is 2. The molecule has 4 atom stereocenters. The van der Waals surface area contributed by atoms with Crippen molar-refractivity contribution in [3.8, 4) is 5.75 Å². The molecule has 0 saturated heterocycles. The van der Waals surface area contributed by atoms with Crippen LogP contribution in [0.5, 0.6) is 5.75 Å². The fraction of sp³-hybridized carbons (Fsp3) is 0.741. The Morgan fingerprint density at radius 3 is 2.59 bits per heavy atom. The Hall–Kier alpha value is -1.83. The molecule has 0 aromatic heterocycles. The SMILES string of the molecule is CCCN(C)C[C@@H]1OCCCC[C@@H](C)Oc2ccc(N(C)C)cc2C(=O)N([C@H](C)CO)C[C@@H]1C. The van der Waals surface area contributed by atoms with Crippen LogP contribution in [0.15, 0.2) is 18.2 Å². The van der Waals surface area contributed by atoms with Gasteiger partial charge < -0.3 is 29.3 Å². The maximum atomic E-state index is 13.9. The molecule has 2 rings (SSSR count). The average Bonchev–Trinajstić information content (AvgIpc) is 2.80. The Balaban J connectivity index is 2.45. The second-order valence-electron chi connectivity index (χ2n) is 10.1. The minimum absolute atomic E-state index is 0.00572. The lowest BCUT2D eigenvalue weighted by Crippen LogP contribution is -2.47. The Bertz CT molecular complexity index is 757. The number of anilines is 1. The quantitative estimate of drug-likeness (QED) is 0.643. The van der Waals surface area contributed by atoms with E-state index in [1.54, 1.807) is 4.90 Å². The van der Waals surface area contributed by atoms with E-state index in [2.05, 4.69) is 32.7 Å². The Morgan fingerprint density at radius 1 is 1.21 bits per heavy atom. The first kappa shape index (κ1) is 28.4. The average molecular weight is 478 g/mol. The Labute approximate surface area is 207 Å². The number of hydrogen-bond donors (Lipinski definition) is 1. The van der Waals surface area contributed by atoms with Crippen LogP contribution < -0.4 is 9.64 Å². The smallest absolute Gasteiger partial charge is 0.258 e. The van der Waals surface area contributed by atoms with Gasteiger partial charge in [0.15, 0.2) is 0 Å². The topological polar surface area (TPSA) is 65.5 Å². The molecule has 0 unspecified atom stereocenters. The first-order chi connectivity index (χ1) is 16.2. The van der Waals surface area contributed by atoms with Crippen LogP contribution in [-0.4, -0.2) is 93.1 Å². The first-order valence-corrected chi connectivity index (χ1v) is 12.9. The number of aliphatic hydroxyl groups is 1. The van der Waals surface area contributed by atoms with E-state index < -0.39 is 0 Å². The van der Waals surface area contributed by atoms with Crippen molar-refractivity contribution in [3.63, 3.8) is 0 Å².